The minimum Gasteiger partial charge on any atom is -0.497 e. The van der Waals surface area contributed by atoms with Gasteiger partial charge in [-0.3, -0.25) is 10.1 Å². The van der Waals surface area contributed by atoms with Crippen molar-refractivity contribution in [1.82, 2.24) is 4.98 Å². The Morgan fingerprint density at radius 2 is 1.81 bits per heavy atom. The summed E-state index contributed by atoms with van der Waals surface area (Å²) in [5.74, 6) is 0.881. The average Bonchev–Trinajstić information content (AvgIpc) is 2.59. The number of rotatable bonds is 5. The van der Waals surface area contributed by atoms with Crippen LogP contribution in [0.25, 0.3) is 0 Å². The number of hydrogen-bond acceptors (Lipinski definition) is 5. The summed E-state index contributed by atoms with van der Waals surface area (Å²) >= 11 is 3.42. The predicted molar refractivity (Wildman–Crippen MR) is 103 cm³/mol. The van der Waals surface area contributed by atoms with Crippen molar-refractivity contribution < 1.29 is 19.1 Å². The van der Waals surface area contributed by atoms with E-state index in [1.807, 2.05) is 0 Å². The zero-order valence-electron chi connectivity index (χ0n) is 15.1. The second-order valence-corrected chi connectivity index (χ2v) is 7.47. The van der Waals surface area contributed by atoms with E-state index in [4.69, 9.17) is 9.47 Å². The van der Waals surface area contributed by atoms with Crippen LogP contribution in [0.4, 0.5) is 10.6 Å². The molecule has 1 aromatic carbocycles. The molecule has 138 valence electrons. The molecule has 0 saturated carbocycles. The molecule has 0 aliphatic rings. The van der Waals surface area contributed by atoms with Gasteiger partial charge in [0.2, 0.25) is 0 Å². The molecule has 0 bridgehead atoms. The molecule has 0 saturated heterocycles. The lowest BCUT2D eigenvalue weighted by Crippen LogP contribution is -2.27. The summed E-state index contributed by atoms with van der Waals surface area (Å²) in [5.41, 5.74) is 0.613. The van der Waals surface area contributed by atoms with E-state index in [9.17, 15) is 9.59 Å². The van der Waals surface area contributed by atoms with Gasteiger partial charge in [0.05, 0.1) is 7.11 Å². The Morgan fingerprint density at radius 1 is 1.15 bits per heavy atom. The molecular weight excluding hydrogens is 400 g/mol. The highest BCUT2D eigenvalue weighted by Gasteiger charge is 2.21. The first-order valence-electron chi connectivity index (χ1n) is 7.98. The normalized spacial score (nSPS) is 12.2. The van der Waals surface area contributed by atoms with Crippen LogP contribution in [0.15, 0.2) is 42.6 Å². The molecule has 6 nitrogen and oxygen atoms in total. The maximum atomic E-state index is 12.6. The van der Waals surface area contributed by atoms with Crippen LogP contribution in [0.5, 0.6) is 5.75 Å². The SMILES string of the molecule is COc1ccc(C(=O)[C@@H](Br)c2ccnc(NC(=O)OC(C)(C)C)c2)cc1. The summed E-state index contributed by atoms with van der Waals surface area (Å²) in [4.78, 5) is 28.0. The number of methoxy groups -OCH3 is 1. The van der Waals surface area contributed by atoms with E-state index in [2.05, 4.69) is 26.2 Å². The van der Waals surface area contributed by atoms with Gasteiger partial charge in [0.15, 0.2) is 5.78 Å². The van der Waals surface area contributed by atoms with E-state index in [0.29, 0.717) is 22.7 Å². The third-order valence-corrected chi connectivity index (χ3v) is 4.25. The standard InChI is InChI=1S/C19H21BrN2O4/c1-19(2,3)26-18(24)22-15-11-13(9-10-21-15)16(20)17(23)12-5-7-14(25-4)8-6-12/h5-11,16H,1-4H3,(H,21,22,24)/t16-/m0/s1. The number of hydrogen-bond donors (Lipinski definition) is 1. The molecule has 0 radical (unpaired) electrons. The molecule has 7 heteroatoms. The summed E-state index contributed by atoms with van der Waals surface area (Å²) in [6, 6.07) is 10.2. The number of anilines is 1. The van der Waals surface area contributed by atoms with Crippen molar-refractivity contribution in [2.75, 3.05) is 12.4 Å². The number of amides is 1. The molecule has 0 aliphatic heterocycles. The summed E-state index contributed by atoms with van der Waals surface area (Å²) in [6.45, 7) is 5.33. The highest BCUT2D eigenvalue weighted by atomic mass is 79.9. The second kappa shape index (κ2) is 8.31. The number of carbonyl (C=O) groups excluding carboxylic acids is 2. The monoisotopic (exact) mass is 420 g/mol. The van der Waals surface area contributed by atoms with Gasteiger partial charge in [-0.15, -0.1) is 0 Å². The Morgan fingerprint density at radius 3 is 2.38 bits per heavy atom. The number of alkyl halides is 1. The number of Topliss-reactive ketones (excluding diaryl/α,β-unsaturated/α-hetero) is 1. The molecule has 0 unspecified atom stereocenters. The summed E-state index contributed by atoms with van der Waals surface area (Å²) in [5, 5.41) is 2.57. The van der Waals surface area contributed by atoms with E-state index < -0.39 is 16.5 Å². The molecule has 1 N–H and O–H groups in total. The molecule has 0 fully saturated rings. The first-order valence-corrected chi connectivity index (χ1v) is 8.89. The van der Waals surface area contributed by atoms with Crippen LogP contribution in [-0.4, -0.2) is 29.6 Å². The van der Waals surface area contributed by atoms with Crippen molar-refractivity contribution in [1.29, 1.82) is 0 Å². The minimum atomic E-state index is -0.607. The number of aromatic nitrogens is 1. The van der Waals surface area contributed by atoms with E-state index >= 15 is 0 Å². The average molecular weight is 421 g/mol. The molecule has 2 aromatic rings. The van der Waals surface area contributed by atoms with Gasteiger partial charge in [0, 0.05) is 11.8 Å². The second-order valence-electron chi connectivity index (χ2n) is 6.56. The Hall–Kier alpha value is -2.41. The molecule has 0 spiro atoms. The Balaban J connectivity index is 2.12. The van der Waals surface area contributed by atoms with Gasteiger partial charge in [-0.1, -0.05) is 15.9 Å². The van der Waals surface area contributed by atoms with Gasteiger partial charge in [0.25, 0.3) is 0 Å². The number of ether oxygens (including phenoxy) is 2. The number of benzene rings is 1. The number of halogens is 1. The fourth-order valence-corrected chi connectivity index (χ4v) is 2.68. The zero-order chi connectivity index (χ0) is 19.3. The van der Waals surface area contributed by atoms with Crippen molar-refractivity contribution in [2.45, 2.75) is 31.2 Å². The van der Waals surface area contributed by atoms with Crippen LogP contribution in [-0.2, 0) is 4.74 Å². The number of ketones is 1. The predicted octanol–water partition coefficient (Wildman–Crippen LogP) is 4.76. The molecule has 0 aliphatic carbocycles. The van der Waals surface area contributed by atoms with E-state index in [0.717, 1.165) is 0 Å². The van der Waals surface area contributed by atoms with Gasteiger partial charge >= 0.3 is 6.09 Å². The Labute approximate surface area is 161 Å². The van der Waals surface area contributed by atoms with Crippen LogP contribution in [0, 0.1) is 0 Å². The largest absolute Gasteiger partial charge is 0.497 e. The molecule has 1 aromatic heterocycles. The van der Waals surface area contributed by atoms with Crippen LogP contribution >= 0.6 is 15.9 Å². The number of nitrogens with zero attached hydrogens (tertiary/aromatic N) is 1. The fraction of sp³-hybridized carbons (Fsp3) is 0.316. The summed E-state index contributed by atoms with van der Waals surface area (Å²) in [7, 11) is 1.57. The highest BCUT2D eigenvalue weighted by molar-refractivity contribution is 9.09. The third kappa shape index (κ3) is 5.56. The van der Waals surface area contributed by atoms with Crippen LogP contribution in [0.1, 0.15) is 41.5 Å². The smallest absolute Gasteiger partial charge is 0.413 e. The van der Waals surface area contributed by atoms with Gasteiger partial charge in [0.1, 0.15) is 22.0 Å². The van der Waals surface area contributed by atoms with Crippen LogP contribution in [0.2, 0.25) is 0 Å². The maximum Gasteiger partial charge on any atom is 0.413 e. The van der Waals surface area contributed by atoms with Gasteiger partial charge < -0.3 is 9.47 Å². The molecule has 1 atom stereocenters. The zero-order valence-corrected chi connectivity index (χ0v) is 16.7. The molecule has 1 amide bonds. The Kier molecular flexibility index (Phi) is 6.37. The maximum absolute atomic E-state index is 12.6. The van der Waals surface area contributed by atoms with Crippen molar-refractivity contribution in [3.8, 4) is 5.75 Å². The quantitative estimate of drug-likeness (QED) is 0.557. The molecule has 2 rings (SSSR count). The minimum absolute atomic E-state index is 0.109. The lowest BCUT2D eigenvalue weighted by atomic mass is 10.0. The molecule has 26 heavy (non-hydrogen) atoms. The van der Waals surface area contributed by atoms with Crippen LogP contribution < -0.4 is 10.1 Å². The third-order valence-electron chi connectivity index (χ3n) is 3.31. The van der Waals surface area contributed by atoms with Crippen molar-refractivity contribution in [3.63, 3.8) is 0 Å². The first-order chi connectivity index (χ1) is 12.2. The number of nitrogens with one attached hydrogen (secondary N) is 1. The lowest BCUT2D eigenvalue weighted by Gasteiger charge is -2.19. The van der Waals surface area contributed by atoms with Gasteiger partial charge in [-0.2, -0.15) is 0 Å². The van der Waals surface area contributed by atoms with E-state index in [1.165, 1.54) is 6.20 Å². The van der Waals surface area contributed by atoms with E-state index in [-0.39, 0.29) is 5.78 Å². The van der Waals surface area contributed by atoms with Crippen molar-refractivity contribution >= 4 is 33.6 Å². The fourth-order valence-electron chi connectivity index (χ4n) is 2.13. The highest BCUT2D eigenvalue weighted by Crippen LogP contribution is 2.29. The van der Waals surface area contributed by atoms with Gasteiger partial charge in [-0.25, -0.2) is 9.78 Å². The molecular formula is C19H21BrN2O4. The Bertz CT molecular complexity index is 785. The van der Waals surface area contributed by atoms with Gasteiger partial charge in [-0.05, 0) is 62.7 Å². The van der Waals surface area contributed by atoms with Crippen LogP contribution in [0.3, 0.4) is 0 Å². The number of pyridine rings is 1. The first kappa shape index (κ1) is 19.9. The van der Waals surface area contributed by atoms with Crippen molar-refractivity contribution in [2.24, 2.45) is 0 Å². The summed E-state index contributed by atoms with van der Waals surface area (Å²) < 4.78 is 10.3. The van der Waals surface area contributed by atoms with E-state index in [1.54, 1.807) is 64.3 Å². The number of carbonyl (C=O) groups is 2. The molecule has 1 heterocycles. The topological polar surface area (TPSA) is 77.5 Å². The lowest BCUT2D eigenvalue weighted by molar-refractivity contribution is 0.0635. The van der Waals surface area contributed by atoms with Crippen molar-refractivity contribution in [3.05, 3.63) is 53.7 Å². The summed E-state index contributed by atoms with van der Waals surface area (Å²) in [6.07, 6.45) is 0.923.